The number of anilines is 1. The topological polar surface area (TPSA) is 107 Å². The van der Waals surface area contributed by atoms with Gasteiger partial charge in [0.25, 0.3) is 15.9 Å². The van der Waals surface area contributed by atoms with Crippen molar-refractivity contribution in [2.24, 2.45) is 4.99 Å². The van der Waals surface area contributed by atoms with Gasteiger partial charge >= 0.3 is 5.97 Å². The maximum absolute atomic E-state index is 13.4. The lowest BCUT2D eigenvalue weighted by Gasteiger charge is -2.30. The zero-order chi connectivity index (χ0) is 27.6. The van der Waals surface area contributed by atoms with E-state index >= 15 is 0 Å². The second kappa shape index (κ2) is 11.0. The zero-order valence-electron chi connectivity index (χ0n) is 21.5. The predicted molar refractivity (Wildman–Crippen MR) is 149 cm³/mol. The molecule has 1 amide bonds. The Kier molecular flexibility index (Phi) is 7.53. The summed E-state index contributed by atoms with van der Waals surface area (Å²) in [6.45, 7) is 2.24. The van der Waals surface area contributed by atoms with Gasteiger partial charge in [-0.1, -0.05) is 29.5 Å². The molecule has 0 bridgehead atoms. The van der Waals surface area contributed by atoms with Crippen LogP contribution in [0.25, 0.3) is 10.2 Å². The van der Waals surface area contributed by atoms with Crippen molar-refractivity contribution in [2.75, 3.05) is 24.6 Å². The molecule has 5 rings (SSSR count). The Hall–Kier alpha value is -3.96. The molecule has 3 aromatic carbocycles. The van der Waals surface area contributed by atoms with E-state index in [-0.39, 0.29) is 23.6 Å². The van der Waals surface area contributed by atoms with Crippen LogP contribution in [0.2, 0.25) is 0 Å². The van der Waals surface area contributed by atoms with E-state index in [1.54, 1.807) is 30.7 Å². The molecule has 11 heteroatoms. The van der Waals surface area contributed by atoms with Crippen molar-refractivity contribution in [3.8, 4) is 5.75 Å². The minimum Gasteiger partial charge on any atom is -0.497 e. The SMILES string of the molecule is CCOC(=O)Cn1c(=NC(=O)c2ccc(S(=O)(=O)N3CCCc4ccccc43)cc2)sc2cc(OC)ccc21. The van der Waals surface area contributed by atoms with Gasteiger partial charge in [0.2, 0.25) is 0 Å². The van der Waals surface area contributed by atoms with Gasteiger partial charge in [-0.15, -0.1) is 0 Å². The molecule has 0 N–H and O–H groups in total. The molecule has 1 aromatic heterocycles. The molecule has 9 nitrogen and oxygen atoms in total. The number of carbonyl (C=O) groups excluding carboxylic acids is 2. The fourth-order valence-electron chi connectivity index (χ4n) is 4.55. The number of hydrogen-bond donors (Lipinski definition) is 0. The number of amides is 1. The molecular weight excluding hydrogens is 538 g/mol. The number of ether oxygens (including phenoxy) is 2. The van der Waals surface area contributed by atoms with Gasteiger partial charge in [-0.05, 0) is 73.9 Å². The molecule has 0 saturated carbocycles. The fraction of sp³-hybridized carbons (Fsp3) is 0.250. The van der Waals surface area contributed by atoms with Gasteiger partial charge < -0.3 is 14.0 Å². The van der Waals surface area contributed by atoms with Gasteiger partial charge in [-0.3, -0.25) is 13.9 Å². The van der Waals surface area contributed by atoms with Crippen molar-refractivity contribution in [1.82, 2.24) is 4.57 Å². The predicted octanol–water partition coefficient (Wildman–Crippen LogP) is 4.16. The first-order valence-electron chi connectivity index (χ1n) is 12.4. The molecule has 4 aromatic rings. The number of carbonyl (C=O) groups is 2. The summed E-state index contributed by atoms with van der Waals surface area (Å²) >= 11 is 1.24. The first kappa shape index (κ1) is 26.6. The number of aryl methyl sites for hydroxylation is 1. The van der Waals surface area contributed by atoms with E-state index in [1.165, 1.54) is 39.9 Å². The van der Waals surface area contributed by atoms with Gasteiger partial charge in [0.15, 0.2) is 4.80 Å². The monoisotopic (exact) mass is 565 g/mol. The maximum atomic E-state index is 13.4. The molecule has 0 unspecified atom stereocenters. The van der Waals surface area contributed by atoms with Crippen LogP contribution in [0.1, 0.15) is 29.3 Å². The summed E-state index contributed by atoms with van der Waals surface area (Å²) in [5, 5.41) is 0. The summed E-state index contributed by atoms with van der Waals surface area (Å²) in [6, 6.07) is 18.6. The molecule has 1 aliphatic heterocycles. The molecule has 2 heterocycles. The first-order valence-corrected chi connectivity index (χ1v) is 14.7. The molecule has 0 atom stereocenters. The van der Waals surface area contributed by atoms with Crippen LogP contribution in [0.15, 0.2) is 76.6 Å². The highest BCUT2D eigenvalue weighted by molar-refractivity contribution is 7.92. The second-order valence-corrected chi connectivity index (χ2v) is 11.7. The third-order valence-electron chi connectivity index (χ3n) is 6.44. The van der Waals surface area contributed by atoms with Crippen molar-refractivity contribution >= 4 is 49.1 Å². The van der Waals surface area contributed by atoms with Crippen LogP contribution in [0.3, 0.4) is 0 Å². The van der Waals surface area contributed by atoms with Crippen molar-refractivity contribution in [3.63, 3.8) is 0 Å². The average molecular weight is 566 g/mol. The zero-order valence-corrected chi connectivity index (χ0v) is 23.1. The Bertz CT molecular complexity index is 1720. The number of rotatable bonds is 7. The number of esters is 1. The van der Waals surface area contributed by atoms with Crippen molar-refractivity contribution in [3.05, 3.63) is 82.7 Å². The quantitative estimate of drug-likeness (QED) is 0.312. The van der Waals surface area contributed by atoms with Gasteiger partial charge in [0.05, 0.1) is 34.5 Å². The first-order chi connectivity index (χ1) is 18.8. The number of hydrogen-bond acceptors (Lipinski definition) is 7. The van der Waals surface area contributed by atoms with Crippen molar-refractivity contribution in [2.45, 2.75) is 31.2 Å². The summed E-state index contributed by atoms with van der Waals surface area (Å²) in [5.41, 5.74) is 2.62. The van der Waals surface area contributed by atoms with Crippen LogP contribution in [-0.4, -0.2) is 45.1 Å². The van der Waals surface area contributed by atoms with Crippen LogP contribution in [0, 0.1) is 0 Å². The minimum absolute atomic E-state index is 0.0992. The number of sulfonamides is 1. The van der Waals surface area contributed by atoms with E-state index in [4.69, 9.17) is 9.47 Å². The van der Waals surface area contributed by atoms with Gasteiger partial charge in [-0.2, -0.15) is 4.99 Å². The number of nitrogens with zero attached hydrogens (tertiary/aromatic N) is 3. The normalized spacial score (nSPS) is 13.8. The average Bonchev–Trinajstić information content (AvgIpc) is 3.28. The van der Waals surface area contributed by atoms with Gasteiger partial charge in [-0.25, -0.2) is 8.42 Å². The van der Waals surface area contributed by atoms with Crippen molar-refractivity contribution in [1.29, 1.82) is 0 Å². The lowest BCUT2D eigenvalue weighted by Crippen LogP contribution is -2.35. The standard InChI is InChI=1S/C28H27N3O6S2/c1-3-37-26(32)18-30-24-15-12-21(36-2)17-25(24)38-28(30)29-27(33)20-10-13-22(14-11-20)39(34,35)31-16-6-8-19-7-4-5-9-23(19)31/h4-5,7,9-15,17H,3,6,8,16,18H2,1-2H3. The number of benzene rings is 3. The molecule has 1 aliphatic rings. The summed E-state index contributed by atoms with van der Waals surface area (Å²) in [7, 11) is -2.24. The van der Waals surface area contributed by atoms with Crippen LogP contribution in [-0.2, 0) is 32.5 Å². The Balaban J connectivity index is 1.47. The van der Waals surface area contributed by atoms with E-state index in [2.05, 4.69) is 4.99 Å². The largest absolute Gasteiger partial charge is 0.497 e. The highest BCUT2D eigenvalue weighted by Gasteiger charge is 2.29. The summed E-state index contributed by atoms with van der Waals surface area (Å²) in [5.74, 6) is -0.368. The van der Waals surface area contributed by atoms with E-state index < -0.39 is 21.9 Å². The molecule has 0 saturated heterocycles. The Morgan fingerprint density at radius 3 is 2.56 bits per heavy atom. The highest BCUT2D eigenvalue weighted by atomic mass is 32.2. The molecule has 39 heavy (non-hydrogen) atoms. The van der Waals surface area contributed by atoms with Crippen LogP contribution in [0.4, 0.5) is 5.69 Å². The van der Waals surface area contributed by atoms with Crippen molar-refractivity contribution < 1.29 is 27.5 Å². The molecule has 0 fully saturated rings. The molecule has 202 valence electrons. The number of fused-ring (bicyclic) bond motifs is 2. The molecule has 0 spiro atoms. The number of methoxy groups -OCH3 is 1. The Morgan fingerprint density at radius 2 is 1.82 bits per heavy atom. The van der Waals surface area contributed by atoms with E-state index in [9.17, 15) is 18.0 Å². The van der Waals surface area contributed by atoms with Crippen LogP contribution in [0.5, 0.6) is 5.75 Å². The smallest absolute Gasteiger partial charge is 0.326 e. The lowest BCUT2D eigenvalue weighted by molar-refractivity contribution is -0.143. The third kappa shape index (κ3) is 5.32. The number of aromatic nitrogens is 1. The minimum atomic E-state index is -3.80. The van der Waals surface area contributed by atoms with Crippen LogP contribution < -0.4 is 13.8 Å². The highest BCUT2D eigenvalue weighted by Crippen LogP contribution is 2.32. The number of thiazole rings is 1. The van der Waals surface area contributed by atoms with E-state index in [0.717, 1.165) is 23.1 Å². The van der Waals surface area contributed by atoms with E-state index in [1.807, 2.05) is 30.3 Å². The fourth-order valence-corrected chi connectivity index (χ4v) is 7.15. The van der Waals surface area contributed by atoms with Gasteiger partial charge in [0.1, 0.15) is 12.3 Å². The molecule has 0 aliphatic carbocycles. The van der Waals surface area contributed by atoms with E-state index in [0.29, 0.717) is 28.3 Å². The maximum Gasteiger partial charge on any atom is 0.326 e. The van der Waals surface area contributed by atoms with Gasteiger partial charge in [0, 0.05) is 12.1 Å². The summed E-state index contributed by atoms with van der Waals surface area (Å²) in [6.07, 6.45) is 1.57. The van der Waals surface area contributed by atoms with Crippen LogP contribution >= 0.6 is 11.3 Å². The molecule has 0 radical (unpaired) electrons. The Morgan fingerprint density at radius 1 is 1.05 bits per heavy atom. The summed E-state index contributed by atoms with van der Waals surface area (Å²) in [4.78, 5) is 30.1. The lowest BCUT2D eigenvalue weighted by atomic mass is 10.0. The third-order valence-corrected chi connectivity index (χ3v) is 9.31. The summed E-state index contributed by atoms with van der Waals surface area (Å²) < 4.78 is 41.1. The molecular formula is C28H27N3O6S2. The number of para-hydroxylation sites is 1. The Labute approximate surface area is 230 Å². The second-order valence-electron chi connectivity index (χ2n) is 8.86.